The van der Waals surface area contributed by atoms with Crippen LogP contribution in [0.2, 0.25) is 0 Å². The number of benzene rings is 1. The van der Waals surface area contributed by atoms with Crippen LogP contribution in [-0.2, 0) is 6.54 Å². The van der Waals surface area contributed by atoms with Gasteiger partial charge in [-0.25, -0.2) is 4.57 Å². The van der Waals surface area contributed by atoms with Gasteiger partial charge in [-0.05, 0) is 0 Å². The van der Waals surface area contributed by atoms with Gasteiger partial charge in [0.2, 0.25) is 0 Å². The van der Waals surface area contributed by atoms with E-state index in [0.717, 1.165) is 6.54 Å². The normalized spacial score (nSPS) is 9.53. The molecule has 2 rings (SSSR count). The summed E-state index contributed by atoms with van der Waals surface area (Å²) in [7, 11) is 4.10. The Morgan fingerprint density at radius 1 is 0.941 bits per heavy atom. The minimum atomic E-state index is 0. The van der Waals surface area contributed by atoms with E-state index in [1.165, 1.54) is 11.3 Å². The quantitative estimate of drug-likeness (QED) is 0.612. The fourth-order valence-electron chi connectivity index (χ4n) is 1.65. The van der Waals surface area contributed by atoms with Crippen molar-refractivity contribution in [3.05, 3.63) is 60.4 Å². The van der Waals surface area contributed by atoms with Crippen LogP contribution < -0.4 is 9.47 Å². The molecule has 0 N–H and O–H groups in total. The van der Waals surface area contributed by atoms with Gasteiger partial charge in [0.15, 0.2) is 18.9 Å². The Hall–Kier alpha value is -1.01. The molecule has 0 saturated carbocycles. The van der Waals surface area contributed by atoms with E-state index < -0.39 is 0 Å². The smallest absolute Gasteiger partial charge is 0.377 e. The summed E-state index contributed by atoms with van der Waals surface area (Å²) in [5.41, 5.74) is 2.55. The van der Waals surface area contributed by atoms with E-state index in [4.69, 9.17) is 0 Å². The number of anilines is 1. The van der Waals surface area contributed by atoms with Crippen molar-refractivity contribution in [1.29, 1.82) is 0 Å². The molecule has 0 fully saturated rings. The first-order valence-electron chi connectivity index (χ1n) is 5.46. The largest absolute Gasteiger partial charge is 3.00 e. The summed E-state index contributed by atoms with van der Waals surface area (Å²) >= 11 is 0. The van der Waals surface area contributed by atoms with Crippen LogP contribution in [-0.4, -0.2) is 38.5 Å². The zero-order valence-electron chi connectivity index (χ0n) is 10.2. The molecule has 3 heteroatoms. The van der Waals surface area contributed by atoms with Crippen LogP contribution in [0.1, 0.15) is 5.56 Å². The molecular formula is C14H17N2Sb+4. The van der Waals surface area contributed by atoms with Gasteiger partial charge >= 0.3 is 24.4 Å². The van der Waals surface area contributed by atoms with Gasteiger partial charge in [-0.2, -0.15) is 0 Å². The summed E-state index contributed by atoms with van der Waals surface area (Å²) in [5, 5.41) is 0. The number of aromatic nitrogens is 1. The molecule has 84 valence electrons. The van der Waals surface area contributed by atoms with Gasteiger partial charge in [-0.1, -0.05) is 30.3 Å². The van der Waals surface area contributed by atoms with Crippen molar-refractivity contribution in [2.75, 3.05) is 19.0 Å². The molecule has 0 unspecified atom stereocenters. The fourth-order valence-corrected chi connectivity index (χ4v) is 1.65. The van der Waals surface area contributed by atoms with Crippen LogP contribution in [0.15, 0.2) is 54.9 Å². The standard InChI is InChI=1S/C14H17N2.Sb/c1-15(2)14-8-10-16(11-9-14)12-13-6-4-3-5-7-13;/h3-11H,12H2,1-2H3;/q+1;+3. The first-order valence-corrected chi connectivity index (χ1v) is 5.46. The summed E-state index contributed by atoms with van der Waals surface area (Å²) in [6.45, 7) is 0.925. The first kappa shape index (κ1) is 14.1. The second kappa shape index (κ2) is 6.66. The van der Waals surface area contributed by atoms with Gasteiger partial charge in [0, 0.05) is 37.5 Å². The second-order valence-corrected chi connectivity index (χ2v) is 4.11. The third-order valence-corrected chi connectivity index (χ3v) is 2.60. The van der Waals surface area contributed by atoms with Gasteiger partial charge in [-0.3, -0.25) is 0 Å². The van der Waals surface area contributed by atoms with Crippen LogP contribution in [0.5, 0.6) is 0 Å². The molecular weight excluding hydrogens is 318 g/mol. The molecule has 0 aliphatic heterocycles. The predicted molar refractivity (Wildman–Crippen MR) is 72.3 cm³/mol. The monoisotopic (exact) mass is 334 g/mol. The Bertz CT molecular complexity index is 438. The topological polar surface area (TPSA) is 7.12 Å². The van der Waals surface area contributed by atoms with Gasteiger partial charge in [0.05, 0.1) is 0 Å². The summed E-state index contributed by atoms with van der Waals surface area (Å²) in [6, 6.07) is 14.7. The summed E-state index contributed by atoms with van der Waals surface area (Å²) in [5.74, 6) is 0. The van der Waals surface area contributed by atoms with Gasteiger partial charge in [0.25, 0.3) is 0 Å². The molecule has 1 aromatic carbocycles. The van der Waals surface area contributed by atoms with Crippen molar-refractivity contribution < 1.29 is 4.57 Å². The molecule has 0 saturated heterocycles. The molecule has 2 radical (unpaired) electrons. The number of nitrogens with zero attached hydrogens (tertiary/aromatic N) is 2. The molecule has 1 heterocycles. The van der Waals surface area contributed by atoms with Crippen molar-refractivity contribution in [1.82, 2.24) is 0 Å². The van der Waals surface area contributed by atoms with E-state index >= 15 is 0 Å². The van der Waals surface area contributed by atoms with E-state index in [2.05, 4.69) is 72.4 Å². The maximum absolute atomic E-state index is 2.18. The van der Waals surface area contributed by atoms with Crippen molar-refractivity contribution in [3.8, 4) is 0 Å². The van der Waals surface area contributed by atoms with Gasteiger partial charge in [-0.15, -0.1) is 0 Å². The molecule has 0 spiro atoms. The summed E-state index contributed by atoms with van der Waals surface area (Å²) < 4.78 is 2.18. The van der Waals surface area contributed by atoms with Crippen LogP contribution in [0.25, 0.3) is 0 Å². The Morgan fingerprint density at radius 2 is 1.53 bits per heavy atom. The summed E-state index contributed by atoms with van der Waals surface area (Å²) in [6.07, 6.45) is 4.23. The van der Waals surface area contributed by atoms with Gasteiger partial charge < -0.3 is 4.90 Å². The minimum absolute atomic E-state index is 0. The molecule has 2 nitrogen and oxygen atoms in total. The van der Waals surface area contributed by atoms with Crippen LogP contribution in [0, 0.1) is 0 Å². The predicted octanol–water partition coefficient (Wildman–Crippen LogP) is 1.71. The Labute approximate surface area is 120 Å². The first-order chi connectivity index (χ1) is 7.75. The van der Waals surface area contributed by atoms with E-state index in [-0.39, 0.29) is 24.4 Å². The molecule has 17 heavy (non-hydrogen) atoms. The molecule has 0 amide bonds. The second-order valence-electron chi connectivity index (χ2n) is 4.11. The van der Waals surface area contributed by atoms with E-state index in [1.807, 2.05) is 6.07 Å². The van der Waals surface area contributed by atoms with Crippen molar-refractivity contribution in [3.63, 3.8) is 0 Å². The zero-order chi connectivity index (χ0) is 11.4. The SMILES string of the molecule is CN(C)c1cc[n+](Cc2ccccc2)cc1.[Sb+3]. The molecule has 0 aliphatic carbocycles. The molecule has 1 aromatic heterocycles. The molecule has 0 aliphatic rings. The number of hydrogen-bond donors (Lipinski definition) is 0. The third kappa shape index (κ3) is 4.05. The van der Waals surface area contributed by atoms with Crippen LogP contribution in [0.3, 0.4) is 0 Å². The van der Waals surface area contributed by atoms with E-state index in [0.29, 0.717) is 0 Å². The average Bonchev–Trinajstić information content (AvgIpc) is 2.31. The van der Waals surface area contributed by atoms with Crippen LogP contribution in [0.4, 0.5) is 5.69 Å². The number of rotatable bonds is 3. The Balaban J connectivity index is 0.00000144. The van der Waals surface area contributed by atoms with E-state index in [9.17, 15) is 0 Å². The zero-order valence-corrected chi connectivity index (χ0v) is 12.8. The minimum Gasteiger partial charge on any atom is -0.377 e. The maximum atomic E-state index is 2.18. The Morgan fingerprint density at radius 3 is 2.06 bits per heavy atom. The molecule has 0 atom stereocenters. The maximum Gasteiger partial charge on any atom is 3.00 e. The fraction of sp³-hybridized carbons (Fsp3) is 0.214. The Kier molecular flexibility index (Phi) is 5.50. The third-order valence-electron chi connectivity index (χ3n) is 2.60. The van der Waals surface area contributed by atoms with Crippen LogP contribution >= 0.6 is 0 Å². The number of pyridine rings is 1. The number of hydrogen-bond acceptors (Lipinski definition) is 1. The van der Waals surface area contributed by atoms with Crippen molar-refractivity contribution in [2.24, 2.45) is 0 Å². The van der Waals surface area contributed by atoms with Crippen molar-refractivity contribution in [2.45, 2.75) is 6.54 Å². The summed E-state index contributed by atoms with van der Waals surface area (Å²) in [4.78, 5) is 2.10. The van der Waals surface area contributed by atoms with Crippen molar-refractivity contribution >= 4 is 30.1 Å². The molecule has 0 bridgehead atoms. The van der Waals surface area contributed by atoms with E-state index in [1.54, 1.807) is 0 Å². The van der Waals surface area contributed by atoms with Gasteiger partial charge in [0.1, 0.15) is 0 Å². The molecule has 2 aromatic rings. The average molecular weight is 335 g/mol.